The SMILES string of the molecule is CCOC(=O)CC(C)S(=O)c1cccc(OC)c1. The molecule has 0 aliphatic rings. The predicted molar refractivity (Wildman–Crippen MR) is 70.1 cm³/mol. The van der Waals surface area contributed by atoms with Gasteiger partial charge in [-0.3, -0.25) is 9.00 Å². The van der Waals surface area contributed by atoms with Gasteiger partial charge in [0.1, 0.15) is 5.75 Å². The highest BCUT2D eigenvalue weighted by atomic mass is 32.2. The van der Waals surface area contributed by atoms with Crippen LogP contribution in [0, 0.1) is 0 Å². The molecule has 18 heavy (non-hydrogen) atoms. The Morgan fingerprint density at radius 1 is 1.44 bits per heavy atom. The molecule has 1 aromatic carbocycles. The summed E-state index contributed by atoms with van der Waals surface area (Å²) in [5, 5.41) is -0.281. The molecule has 0 aromatic heterocycles. The quantitative estimate of drug-likeness (QED) is 0.743. The molecule has 0 radical (unpaired) electrons. The zero-order valence-corrected chi connectivity index (χ0v) is 11.7. The predicted octanol–water partition coefficient (Wildman–Crippen LogP) is 2.14. The zero-order valence-electron chi connectivity index (χ0n) is 10.8. The second kappa shape index (κ2) is 7.16. The molecule has 0 spiro atoms. The number of carbonyl (C=O) groups is 1. The molecule has 0 saturated carbocycles. The normalized spacial score (nSPS) is 13.7. The van der Waals surface area contributed by atoms with Crippen molar-refractivity contribution in [3.63, 3.8) is 0 Å². The average Bonchev–Trinajstić information content (AvgIpc) is 2.38. The third-order valence-corrected chi connectivity index (χ3v) is 4.01. The van der Waals surface area contributed by atoms with Gasteiger partial charge in [-0.25, -0.2) is 0 Å². The largest absolute Gasteiger partial charge is 0.497 e. The Bertz CT molecular complexity index is 431. The smallest absolute Gasteiger partial charge is 0.306 e. The minimum Gasteiger partial charge on any atom is -0.497 e. The number of ether oxygens (including phenoxy) is 2. The summed E-state index contributed by atoms with van der Waals surface area (Å²) in [6.07, 6.45) is 0.150. The van der Waals surface area contributed by atoms with Crippen LogP contribution in [0.3, 0.4) is 0 Å². The van der Waals surface area contributed by atoms with E-state index in [9.17, 15) is 9.00 Å². The number of hydrogen-bond donors (Lipinski definition) is 0. The van der Waals surface area contributed by atoms with Crippen molar-refractivity contribution < 1.29 is 18.5 Å². The highest BCUT2D eigenvalue weighted by Crippen LogP contribution is 2.19. The summed E-state index contributed by atoms with van der Waals surface area (Å²) in [5.74, 6) is 0.338. The van der Waals surface area contributed by atoms with E-state index in [0.29, 0.717) is 17.3 Å². The van der Waals surface area contributed by atoms with E-state index in [0.717, 1.165) is 0 Å². The molecule has 0 bridgehead atoms. The fourth-order valence-corrected chi connectivity index (χ4v) is 2.69. The summed E-state index contributed by atoms with van der Waals surface area (Å²) in [7, 11) is 0.315. The van der Waals surface area contributed by atoms with Crippen molar-refractivity contribution in [2.75, 3.05) is 13.7 Å². The first-order valence-corrected chi connectivity index (χ1v) is 7.00. The van der Waals surface area contributed by atoms with Crippen molar-refractivity contribution in [1.82, 2.24) is 0 Å². The monoisotopic (exact) mass is 270 g/mol. The highest BCUT2D eigenvalue weighted by Gasteiger charge is 2.18. The van der Waals surface area contributed by atoms with Crippen LogP contribution in [0.25, 0.3) is 0 Å². The first-order chi connectivity index (χ1) is 8.58. The molecule has 0 amide bonds. The van der Waals surface area contributed by atoms with E-state index < -0.39 is 10.8 Å². The maximum absolute atomic E-state index is 12.2. The standard InChI is InChI=1S/C13H18O4S/c1-4-17-13(14)8-10(2)18(15)12-7-5-6-11(9-12)16-3/h5-7,9-10H,4,8H2,1-3H3. The van der Waals surface area contributed by atoms with Crippen molar-refractivity contribution in [2.45, 2.75) is 30.4 Å². The number of benzene rings is 1. The van der Waals surface area contributed by atoms with Gasteiger partial charge in [-0.1, -0.05) is 6.07 Å². The first-order valence-electron chi connectivity index (χ1n) is 5.78. The summed E-state index contributed by atoms with van der Waals surface area (Å²) in [6.45, 7) is 3.87. The Balaban J connectivity index is 2.70. The molecule has 0 fully saturated rings. The second-order valence-corrected chi connectivity index (χ2v) is 5.67. The van der Waals surface area contributed by atoms with Crippen molar-refractivity contribution >= 4 is 16.8 Å². The fraction of sp³-hybridized carbons (Fsp3) is 0.462. The van der Waals surface area contributed by atoms with Crippen molar-refractivity contribution in [3.05, 3.63) is 24.3 Å². The molecule has 2 atom stereocenters. The Kier molecular flexibility index (Phi) is 5.85. The van der Waals surface area contributed by atoms with E-state index in [4.69, 9.17) is 9.47 Å². The molecule has 1 aromatic rings. The van der Waals surface area contributed by atoms with E-state index in [1.165, 1.54) is 0 Å². The average molecular weight is 270 g/mol. The van der Waals surface area contributed by atoms with Gasteiger partial charge in [-0.05, 0) is 32.0 Å². The van der Waals surface area contributed by atoms with Crippen LogP contribution in [0.2, 0.25) is 0 Å². The summed E-state index contributed by atoms with van der Waals surface area (Å²) in [5.41, 5.74) is 0. The minimum absolute atomic E-state index is 0.150. The van der Waals surface area contributed by atoms with Crippen LogP contribution < -0.4 is 4.74 Å². The van der Waals surface area contributed by atoms with E-state index in [-0.39, 0.29) is 17.6 Å². The molecule has 0 aliphatic carbocycles. The van der Waals surface area contributed by atoms with Gasteiger partial charge in [0, 0.05) is 10.1 Å². The van der Waals surface area contributed by atoms with Crippen molar-refractivity contribution in [1.29, 1.82) is 0 Å². The molecule has 100 valence electrons. The van der Waals surface area contributed by atoms with Crippen LogP contribution in [0.4, 0.5) is 0 Å². The Hall–Kier alpha value is -1.36. The third kappa shape index (κ3) is 4.14. The Morgan fingerprint density at radius 3 is 2.78 bits per heavy atom. The van der Waals surface area contributed by atoms with E-state index in [2.05, 4.69) is 0 Å². The van der Waals surface area contributed by atoms with E-state index in [1.54, 1.807) is 45.2 Å². The summed E-state index contributed by atoms with van der Waals surface area (Å²) in [4.78, 5) is 12.0. The van der Waals surface area contributed by atoms with Crippen LogP contribution in [0.15, 0.2) is 29.2 Å². The number of hydrogen-bond acceptors (Lipinski definition) is 4. The maximum Gasteiger partial charge on any atom is 0.306 e. The Morgan fingerprint density at radius 2 is 2.17 bits per heavy atom. The van der Waals surface area contributed by atoms with Crippen LogP contribution in [0.5, 0.6) is 5.75 Å². The lowest BCUT2D eigenvalue weighted by molar-refractivity contribution is -0.143. The maximum atomic E-state index is 12.2. The van der Waals surface area contributed by atoms with Gasteiger partial charge in [0.25, 0.3) is 0 Å². The highest BCUT2D eigenvalue weighted by molar-refractivity contribution is 7.85. The molecule has 0 aliphatic heterocycles. The fourth-order valence-electron chi connectivity index (χ4n) is 1.49. The van der Waals surface area contributed by atoms with Crippen LogP contribution in [-0.4, -0.2) is 29.1 Å². The van der Waals surface area contributed by atoms with Gasteiger partial charge in [0.05, 0.1) is 30.9 Å². The Labute approximate surface area is 110 Å². The topological polar surface area (TPSA) is 52.6 Å². The molecule has 2 unspecified atom stereocenters. The summed E-state index contributed by atoms with van der Waals surface area (Å²) < 4.78 is 22.1. The third-order valence-electron chi connectivity index (χ3n) is 2.40. The van der Waals surface area contributed by atoms with Crippen LogP contribution >= 0.6 is 0 Å². The van der Waals surface area contributed by atoms with Gasteiger partial charge >= 0.3 is 5.97 Å². The van der Waals surface area contributed by atoms with Gasteiger partial charge in [-0.2, -0.15) is 0 Å². The van der Waals surface area contributed by atoms with Crippen LogP contribution in [-0.2, 0) is 20.3 Å². The molecular formula is C13H18O4S. The van der Waals surface area contributed by atoms with Crippen molar-refractivity contribution in [2.24, 2.45) is 0 Å². The number of methoxy groups -OCH3 is 1. The van der Waals surface area contributed by atoms with E-state index in [1.807, 2.05) is 0 Å². The lowest BCUT2D eigenvalue weighted by atomic mass is 10.3. The minimum atomic E-state index is -1.25. The number of rotatable bonds is 6. The number of carbonyl (C=O) groups excluding carboxylic acids is 1. The van der Waals surface area contributed by atoms with Crippen LogP contribution in [0.1, 0.15) is 20.3 Å². The van der Waals surface area contributed by atoms with Gasteiger partial charge in [0.2, 0.25) is 0 Å². The van der Waals surface area contributed by atoms with Crippen molar-refractivity contribution in [3.8, 4) is 5.75 Å². The first kappa shape index (κ1) is 14.7. The molecule has 0 heterocycles. The molecular weight excluding hydrogens is 252 g/mol. The summed E-state index contributed by atoms with van der Waals surface area (Å²) in [6, 6.07) is 7.05. The number of esters is 1. The van der Waals surface area contributed by atoms with Gasteiger partial charge in [-0.15, -0.1) is 0 Å². The van der Waals surface area contributed by atoms with Gasteiger partial charge < -0.3 is 9.47 Å². The lowest BCUT2D eigenvalue weighted by Gasteiger charge is -2.11. The molecule has 1 rings (SSSR count). The van der Waals surface area contributed by atoms with E-state index >= 15 is 0 Å². The molecule has 0 saturated heterocycles. The molecule has 4 nitrogen and oxygen atoms in total. The zero-order chi connectivity index (χ0) is 13.5. The summed E-state index contributed by atoms with van der Waals surface area (Å²) >= 11 is 0. The van der Waals surface area contributed by atoms with Gasteiger partial charge in [0.15, 0.2) is 0 Å². The second-order valence-electron chi connectivity index (χ2n) is 3.80. The lowest BCUT2D eigenvalue weighted by Crippen LogP contribution is -2.18. The molecule has 0 N–H and O–H groups in total. The molecule has 5 heteroatoms.